The molecule has 1 saturated heterocycles. The van der Waals surface area contributed by atoms with E-state index in [1.807, 2.05) is 13.8 Å². The highest BCUT2D eigenvalue weighted by atomic mass is 16.2. The lowest BCUT2D eigenvalue weighted by atomic mass is 9.97. The molecule has 1 rings (SSSR count). The maximum atomic E-state index is 10.9. The van der Waals surface area contributed by atoms with Gasteiger partial charge in [-0.1, -0.05) is 13.8 Å². The van der Waals surface area contributed by atoms with Gasteiger partial charge in [0.05, 0.1) is 5.92 Å². The summed E-state index contributed by atoms with van der Waals surface area (Å²) in [4.78, 5) is 23.4. The van der Waals surface area contributed by atoms with Crippen LogP contribution in [0.1, 0.15) is 33.6 Å². The van der Waals surface area contributed by atoms with Crippen molar-refractivity contribution in [3.05, 3.63) is 0 Å². The fraction of sp³-hybridized carbons (Fsp3) is 0.800. The lowest BCUT2D eigenvalue weighted by Gasteiger charge is -2.30. The van der Waals surface area contributed by atoms with Gasteiger partial charge in [-0.3, -0.25) is 9.59 Å². The van der Waals surface area contributed by atoms with Crippen molar-refractivity contribution >= 4 is 11.8 Å². The molecule has 1 aliphatic heterocycles. The Labute approximate surface area is 85.4 Å². The van der Waals surface area contributed by atoms with E-state index in [9.17, 15) is 9.59 Å². The summed E-state index contributed by atoms with van der Waals surface area (Å²) in [5, 5.41) is 0. The quantitative estimate of drug-likeness (QED) is 0.679. The van der Waals surface area contributed by atoms with Crippen LogP contribution in [0.25, 0.3) is 0 Å². The Balaban J connectivity index is 0.000000791. The van der Waals surface area contributed by atoms with Gasteiger partial charge in [0.1, 0.15) is 0 Å². The van der Waals surface area contributed by atoms with E-state index in [0.717, 1.165) is 19.4 Å². The fourth-order valence-corrected chi connectivity index (χ4v) is 1.50. The minimum atomic E-state index is -0.291. The predicted molar refractivity (Wildman–Crippen MR) is 55.5 cm³/mol. The number of nitrogens with zero attached hydrogens (tertiary/aromatic N) is 1. The summed E-state index contributed by atoms with van der Waals surface area (Å²) in [5.74, 6) is -0.399. The van der Waals surface area contributed by atoms with Gasteiger partial charge in [0, 0.05) is 20.0 Å². The Morgan fingerprint density at radius 3 is 2.36 bits per heavy atom. The third-order valence-corrected chi connectivity index (χ3v) is 2.27. The molecule has 2 N–H and O–H groups in total. The van der Waals surface area contributed by atoms with Crippen molar-refractivity contribution < 1.29 is 9.59 Å². The van der Waals surface area contributed by atoms with Crippen LogP contribution in [0.4, 0.5) is 0 Å². The lowest BCUT2D eigenvalue weighted by Crippen LogP contribution is -2.43. The predicted octanol–water partition coefficient (Wildman–Crippen LogP) is 0.756. The minimum absolute atomic E-state index is 0.0287. The number of rotatable bonds is 1. The van der Waals surface area contributed by atoms with Gasteiger partial charge in [-0.15, -0.1) is 0 Å². The van der Waals surface area contributed by atoms with E-state index in [0.29, 0.717) is 6.54 Å². The number of amides is 2. The van der Waals surface area contributed by atoms with Crippen molar-refractivity contribution in [1.29, 1.82) is 0 Å². The Kier molecular flexibility index (Phi) is 5.92. The van der Waals surface area contributed by atoms with E-state index in [1.54, 1.807) is 4.90 Å². The first kappa shape index (κ1) is 12.9. The van der Waals surface area contributed by atoms with Gasteiger partial charge < -0.3 is 10.6 Å². The van der Waals surface area contributed by atoms with E-state index in [2.05, 4.69) is 0 Å². The summed E-state index contributed by atoms with van der Waals surface area (Å²) in [7, 11) is 0. The number of carbonyl (C=O) groups is 2. The molecule has 0 aromatic rings. The standard InChI is InChI=1S/C8H14N2O2.C2H6/c1-6(11)10-4-2-3-7(5-10)8(9)12;1-2/h7H,2-5H2,1H3,(H2,9,12);1-2H3. The monoisotopic (exact) mass is 200 g/mol. The van der Waals surface area contributed by atoms with Gasteiger partial charge in [0.25, 0.3) is 0 Å². The van der Waals surface area contributed by atoms with Crippen LogP contribution in [0.5, 0.6) is 0 Å². The molecule has 14 heavy (non-hydrogen) atoms. The second-order valence-corrected chi connectivity index (χ2v) is 3.21. The first-order valence-electron chi connectivity index (χ1n) is 5.16. The zero-order valence-corrected chi connectivity index (χ0v) is 9.25. The molecular formula is C10H20N2O2. The first-order valence-corrected chi connectivity index (χ1v) is 5.16. The second-order valence-electron chi connectivity index (χ2n) is 3.21. The molecule has 0 bridgehead atoms. The molecule has 4 nitrogen and oxygen atoms in total. The van der Waals surface area contributed by atoms with Crippen LogP contribution in [-0.4, -0.2) is 29.8 Å². The van der Waals surface area contributed by atoms with Gasteiger partial charge in [0.2, 0.25) is 11.8 Å². The van der Waals surface area contributed by atoms with E-state index >= 15 is 0 Å². The molecule has 4 heteroatoms. The number of primary amides is 1. The molecule has 0 spiro atoms. The zero-order valence-electron chi connectivity index (χ0n) is 9.25. The molecule has 0 saturated carbocycles. The average molecular weight is 200 g/mol. The number of hydrogen-bond donors (Lipinski definition) is 1. The highest BCUT2D eigenvalue weighted by Crippen LogP contribution is 2.15. The van der Waals surface area contributed by atoms with Gasteiger partial charge >= 0.3 is 0 Å². The molecule has 1 fully saturated rings. The topological polar surface area (TPSA) is 63.4 Å². The van der Waals surface area contributed by atoms with Crippen LogP contribution in [0.2, 0.25) is 0 Å². The molecule has 1 heterocycles. The van der Waals surface area contributed by atoms with Crippen LogP contribution >= 0.6 is 0 Å². The van der Waals surface area contributed by atoms with Crippen molar-refractivity contribution in [1.82, 2.24) is 4.90 Å². The molecule has 1 atom stereocenters. The zero-order chi connectivity index (χ0) is 11.1. The molecule has 1 aliphatic rings. The van der Waals surface area contributed by atoms with Crippen LogP contribution in [-0.2, 0) is 9.59 Å². The smallest absolute Gasteiger partial charge is 0.222 e. The Morgan fingerprint density at radius 1 is 1.36 bits per heavy atom. The number of nitrogens with two attached hydrogens (primary N) is 1. The van der Waals surface area contributed by atoms with Crippen molar-refractivity contribution in [3.8, 4) is 0 Å². The average Bonchev–Trinajstić information content (AvgIpc) is 2.21. The van der Waals surface area contributed by atoms with Gasteiger partial charge in [-0.2, -0.15) is 0 Å². The normalized spacial score (nSPS) is 20.8. The third kappa shape index (κ3) is 3.77. The van der Waals surface area contributed by atoms with Crippen molar-refractivity contribution in [2.24, 2.45) is 11.7 Å². The van der Waals surface area contributed by atoms with E-state index in [1.165, 1.54) is 6.92 Å². The van der Waals surface area contributed by atoms with E-state index in [4.69, 9.17) is 5.73 Å². The molecule has 0 aromatic heterocycles. The summed E-state index contributed by atoms with van der Waals surface area (Å²) in [6.07, 6.45) is 1.70. The fourth-order valence-electron chi connectivity index (χ4n) is 1.50. The second kappa shape index (κ2) is 6.40. The summed E-state index contributed by atoms with van der Waals surface area (Å²) in [6, 6.07) is 0. The van der Waals surface area contributed by atoms with Crippen LogP contribution < -0.4 is 5.73 Å². The Hall–Kier alpha value is -1.06. The van der Waals surface area contributed by atoms with Crippen LogP contribution in [0.15, 0.2) is 0 Å². The van der Waals surface area contributed by atoms with Crippen molar-refractivity contribution in [2.75, 3.05) is 13.1 Å². The Bertz CT molecular complexity index is 184. The molecule has 1 unspecified atom stereocenters. The molecular weight excluding hydrogens is 180 g/mol. The van der Waals surface area contributed by atoms with Gasteiger partial charge in [0.15, 0.2) is 0 Å². The highest BCUT2D eigenvalue weighted by molar-refractivity contribution is 5.79. The SMILES string of the molecule is CC.CC(=O)N1CCCC(C(N)=O)C1. The Morgan fingerprint density at radius 2 is 1.93 bits per heavy atom. The summed E-state index contributed by atoms with van der Waals surface area (Å²) < 4.78 is 0. The van der Waals surface area contributed by atoms with Crippen molar-refractivity contribution in [3.63, 3.8) is 0 Å². The highest BCUT2D eigenvalue weighted by Gasteiger charge is 2.24. The number of carbonyl (C=O) groups excluding carboxylic acids is 2. The van der Waals surface area contributed by atoms with Gasteiger partial charge in [-0.25, -0.2) is 0 Å². The largest absolute Gasteiger partial charge is 0.369 e. The minimum Gasteiger partial charge on any atom is -0.369 e. The lowest BCUT2D eigenvalue weighted by molar-refractivity contribution is -0.132. The van der Waals surface area contributed by atoms with E-state index in [-0.39, 0.29) is 17.7 Å². The van der Waals surface area contributed by atoms with Gasteiger partial charge in [-0.05, 0) is 12.8 Å². The molecule has 82 valence electrons. The molecule has 0 aromatic carbocycles. The molecule has 2 amide bonds. The van der Waals surface area contributed by atoms with Crippen LogP contribution in [0, 0.1) is 5.92 Å². The maximum absolute atomic E-state index is 10.9. The van der Waals surface area contributed by atoms with Crippen LogP contribution in [0.3, 0.4) is 0 Å². The number of hydrogen-bond acceptors (Lipinski definition) is 2. The van der Waals surface area contributed by atoms with Crippen molar-refractivity contribution in [2.45, 2.75) is 33.6 Å². The number of likely N-dealkylation sites (tertiary alicyclic amines) is 1. The molecule has 0 radical (unpaired) electrons. The summed E-state index contributed by atoms with van der Waals surface area (Å²) in [5.41, 5.74) is 5.15. The summed E-state index contributed by atoms with van der Waals surface area (Å²) >= 11 is 0. The van der Waals surface area contributed by atoms with E-state index < -0.39 is 0 Å². The number of piperidine rings is 1. The molecule has 0 aliphatic carbocycles. The maximum Gasteiger partial charge on any atom is 0.222 e. The first-order chi connectivity index (χ1) is 6.61. The third-order valence-electron chi connectivity index (χ3n) is 2.27. The summed E-state index contributed by atoms with van der Waals surface area (Å²) in [6.45, 7) is 6.78.